The van der Waals surface area contributed by atoms with E-state index in [2.05, 4.69) is 16.0 Å². The number of hydrogen-bond acceptors (Lipinski definition) is 19. The first-order chi connectivity index (χ1) is 33.8. The molecule has 2 aromatic rings. The number of nitrogens with two attached hydrogens (primary N) is 1. The summed E-state index contributed by atoms with van der Waals surface area (Å²) in [5.74, 6) is -5.70. The van der Waals surface area contributed by atoms with E-state index in [1.807, 2.05) is 0 Å². The fourth-order valence-corrected chi connectivity index (χ4v) is 12.4. The van der Waals surface area contributed by atoms with Crippen molar-refractivity contribution in [1.29, 1.82) is 0 Å². The molecule has 3 rings (SSSR count). The number of nitrogens with one attached hydrogen (secondary N) is 3. The number of hydrogen-bond donors (Lipinski definition) is 5. The van der Waals surface area contributed by atoms with Gasteiger partial charge in [-0.05, 0) is 23.6 Å². The maximum absolute atomic E-state index is 14.6. The molecular formula is C44H60N8O13S6. The van der Waals surface area contributed by atoms with Gasteiger partial charge in [-0.15, -0.1) is 0 Å². The van der Waals surface area contributed by atoms with Crippen LogP contribution in [0.3, 0.4) is 0 Å². The van der Waals surface area contributed by atoms with Gasteiger partial charge in [0.15, 0.2) is 0 Å². The fraction of sp³-hybridized carbons (Fsp3) is 0.500. The lowest BCUT2D eigenvalue weighted by Gasteiger charge is -2.35. The highest BCUT2D eigenvalue weighted by Crippen LogP contribution is 2.28. The largest absolute Gasteiger partial charge is 0.480 e. The Morgan fingerprint density at radius 1 is 0.845 bits per heavy atom. The second-order valence-electron chi connectivity index (χ2n) is 15.5. The Bertz CT molecular complexity index is 2150. The van der Waals surface area contributed by atoms with E-state index in [0.29, 0.717) is 34.7 Å². The van der Waals surface area contributed by atoms with Crippen LogP contribution in [-0.2, 0) is 61.0 Å². The standard InChI is InChI=1S/C44H60N8O13S6/c1-49(35(53)17-45)31-25-70-71-26-32(39(57)52(4)34(24-67-6)42(61)69-22-30(40(58)59)48-44(63)65-20-28-15-11-8-12-16-28)50(2)36(54)18-46-37(55)29(47-43(62)64-19-27-13-9-7-10-14-27)21-68-41(60)33(23-66-5)51(3)38(31)56/h7-16,29-34H,17-26,45H2,1-6H3,(H,46,55)(H,47,62)(H,48,63)(H,58,59)/t29-,30-,31+,32?,33+,34+/m1/s1. The third kappa shape index (κ3) is 19.6. The highest BCUT2D eigenvalue weighted by atomic mass is 33.1. The van der Waals surface area contributed by atoms with Gasteiger partial charge in [0.05, 0.1) is 13.1 Å². The van der Waals surface area contributed by atoms with E-state index < -0.39 is 113 Å². The first kappa shape index (κ1) is 60.5. The number of alkyl carbamates (subject to hydrolysis) is 2. The predicted octanol–water partition coefficient (Wildman–Crippen LogP) is 1.68. The maximum atomic E-state index is 14.6. The van der Waals surface area contributed by atoms with Gasteiger partial charge in [0.2, 0.25) is 39.8 Å². The van der Waals surface area contributed by atoms with Gasteiger partial charge in [-0.1, -0.05) is 106 Å². The number of carboxylic acids is 1. The van der Waals surface area contributed by atoms with E-state index in [-0.39, 0.29) is 42.0 Å². The molecule has 0 aliphatic carbocycles. The van der Waals surface area contributed by atoms with Crippen LogP contribution in [0.5, 0.6) is 0 Å². The molecule has 6 N–H and O–H groups in total. The average Bonchev–Trinajstić information content (AvgIpc) is 3.37. The van der Waals surface area contributed by atoms with E-state index in [4.69, 9.17) is 15.2 Å². The lowest BCUT2D eigenvalue weighted by molar-refractivity contribution is -0.144. The molecule has 2 aromatic carbocycles. The summed E-state index contributed by atoms with van der Waals surface area (Å²) in [6.07, 6.45) is 1.41. The first-order valence-electron chi connectivity index (χ1n) is 21.6. The maximum Gasteiger partial charge on any atom is 0.408 e. The van der Waals surface area contributed by atoms with Crippen molar-refractivity contribution >= 4 is 127 Å². The summed E-state index contributed by atoms with van der Waals surface area (Å²) in [7, 11) is 7.68. The van der Waals surface area contributed by atoms with Gasteiger partial charge in [-0.3, -0.25) is 33.6 Å². The number of ether oxygens (including phenoxy) is 2. The molecule has 0 aromatic heterocycles. The van der Waals surface area contributed by atoms with Gasteiger partial charge < -0.3 is 55.9 Å². The molecular weight excluding hydrogens is 1040 g/mol. The highest BCUT2D eigenvalue weighted by molar-refractivity contribution is 8.76. The molecule has 1 heterocycles. The van der Waals surface area contributed by atoms with Crippen LogP contribution in [0.1, 0.15) is 11.1 Å². The first-order valence-corrected chi connectivity index (χ1v) is 28.8. The Morgan fingerprint density at radius 2 is 1.44 bits per heavy atom. The number of nitrogens with zero attached hydrogens (tertiary/aromatic N) is 4. The quantitative estimate of drug-likeness (QED) is 0.133. The third-order valence-corrected chi connectivity index (χ3v) is 16.4. The smallest absolute Gasteiger partial charge is 0.408 e. The Labute approximate surface area is 437 Å². The van der Waals surface area contributed by atoms with Crippen molar-refractivity contribution in [3.63, 3.8) is 0 Å². The number of carbonyl (C=O) groups is 10. The second kappa shape index (κ2) is 31.6. The Kier molecular flexibility index (Phi) is 26.9. The predicted molar refractivity (Wildman–Crippen MR) is 280 cm³/mol. The minimum atomic E-state index is -1.54. The van der Waals surface area contributed by atoms with Crippen LogP contribution < -0.4 is 21.7 Å². The van der Waals surface area contributed by atoms with E-state index in [0.717, 1.165) is 31.4 Å². The van der Waals surface area contributed by atoms with Crippen molar-refractivity contribution in [3.8, 4) is 0 Å². The highest BCUT2D eigenvalue weighted by Gasteiger charge is 2.39. The minimum absolute atomic E-state index is 0.0479. The number of aliphatic carboxylic acids is 1. The molecule has 6 atom stereocenters. The molecule has 7 amide bonds. The van der Waals surface area contributed by atoms with Crippen LogP contribution in [0, 0.1) is 0 Å². The molecule has 0 spiro atoms. The molecule has 1 fully saturated rings. The number of benzene rings is 2. The summed E-state index contributed by atoms with van der Waals surface area (Å²) >= 11 is 3.76. The molecule has 21 nitrogen and oxygen atoms in total. The average molecular weight is 1100 g/mol. The van der Waals surface area contributed by atoms with E-state index in [9.17, 15) is 53.1 Å². The SMILES string of the molecule is CSC[C@@H](C(=O)SC[C@@H](NC(=O)OCc1ccccc1)C(=O)O)N(C)C(=O)C1CSSC[C@H](N(C)C(=O)CN)C(=O)N(C)[C@@H](CSC)C(=O)SC[C@@H](NC(=O)OCc2ccccc2)C(=O)NCC(=O)N1C. The topological polar surface area (TPSA) is 284 Å². The van der Waals surface area contributed by atoms with Gasteiger partial charge in [0.25, 0.3) is 0 Å². The van der Waals surface area contributed by atoms with Gasteiger partial charge in [-0.2, -0.15) is 23.5 Å². The molecule has 1 aliphatic heterocycles. The molecule has 0 saturated carbocycles. The zero-order chi connectivity index (χ0) is 52.6. The van der Waals surface area contributed by atoms with Crippen molar-refractivity contribution in [2.75, 3.05) is 88.3 Å². The summed E-state index contributed by atoms with van der Waals surface area (Å²) in [4.78, 5) is 139. The summed E-state index contributed by atoms with van der Waals surface area (Å²) in [5.41, 5.74) is 7.02. The molecule has 71 heavy (non-hydrogen) atoms. The van der Waals surface area contributed by atoms with Crippen LogP contribution in [0.4, 0.5) is 9.59 Å². The monoisotopic (exact) mass is 1100 g/mol. The number of carbonyl (C=O) groups excluding carboxylic acids is 9. The van der Waals surface area contributed by atoms with Gasteiger partial charge in [0.1, 0.15) is 49.5 Å². The molecule has 0 bridgehead atoms. The van der Waals surface area contributed by atoms with Gasteiger partial charge >= 0.3 is 18.2 Å². The summed E-state index contributed by atoms with van der Waals surface area (Å²) in [6.45, 7) is -1.36. The zero-order valence-corrected chi connectivity index (χ0v) is 44.9. The summed E-state index contributed by atoms with van der Waals surface area (Å²) in [5, 5.41) is 15.9. The van der Waals surface area contributed by atoms with E-state index >= 15 is 0 Å². The number of amides is 7. The lowest BCUT2D eigenvalue weighted by atomic mass is 10.2. The summed E-state index contributed by atoms with van der Waals surface area (Å²) in [6, 6.07) is 9.78. The summed E-state index contributed by atoms with van der Waals surface area (Å²) < 4.78 is 10.5. The van der Waals surface area contributed by atoms with Gasteiger partial charge in [0, 0.05) is 62.7 Å². The van der Waals surface area contributed by atoms with Crippen LogP contribution in [0.2, 0.25) is 0 Å². The second-order valence-corrected chi connectivity index (χ2v) is 21.9. The molecule has 390 valence electrons. The van der Waals surface area contributed by atoms with Crippen LogP contribution >= 0.6 is 68.6 Å². The zero-order valence-electron chi connectivity index (χ0n) is 40.0. The van der Waals surface area contributed by atoms with Crippen molar-refractivity contribution in [2.24, 2.45) is 5.73 Å². The van der Waals surface area contributed by atoms with E-state index in [1.165, 1.54) is 61.5 Å². The van der Waals surface area contributed by atoms with Crippen LogP contribution in [0.15, 0.2) is 60.7 Å². The Balaban J connectivity index is 1.92. The van der Waals surface area contributed by atoms with Crippen LogP contribution in [0.25, 0.3) is 0 Å². The van der Waals surface area contributed by atoms with Crippen molar-refractivity contribution in [1.82, 2.24) is 35.6 Å². The van der Waals surface area contributed by atoms with Crippen molar-refractivity contribution in [3.05, 3.63) is 71.8 Å². The van der Waals surface area contributed by atoms with Crippen LogP contribution in [-0.4, -0.2) is 207 Å². The number of thioether (sulfide) groups is 4. The molecule has 1 unspecified atom stereocenters. The van der Waals surface area contributed by atoms with Gasteiger partial charge in [-0.25, -0.2) is 14.4 Å². The molecule has 1 saturated heterocycles. The fourth-order valence-electron chi connectivity index (χ4n) is 6.29. The van der Waals surface area contributed by atoms with E-state index in [1.54, 1.807) is 73.2 Å². The Morgan fingerprint density at radius 3 is 2.00 bits per heavy atom. The molecule has 1 aliphatic rings. The lowest BCUT2D eigenvalue weighted by Crippen LogP contribution is -2.56. The number of carboxylic acid groups (broad SMARTS) is 1. The number of rotatable bonds is 18. The molecule has 0 radical (unpaired) electrons. The van der Waals surface area contributed by atoms with Crippen molar-refractivity contribution in [2.45, 2.75) is 49.5 Å². The minimum Gasteiger partial charge on any atom is -0.480 e. The normalized spacial score (nSPS) is 19.5. The molecule has 27 heteroatoms. The number of likely N-dealkylation sites (N-methyl/N-ethyl adjacent to an activating group) is 4. The van der Waals surface area contributed by atoms with Crippen molar-refractivity contribution < 1.29 is 62.5 Å². The Hall–Kier alpha value is -4.80. The third-order valence-electron chi connectivity index (χ3n) is 10.6.